The van der Waals surface area contributed by atoms with E-state index >= 15 is 0 Å². The maximum absolute atomic E-state index is 13.7. The fraction of sp³-hybridized carbons (Fsp3) is 0.714. The Balaban J connectivity index is 1.72. The summed E-state index contributed by atoms with van der Waals surface area (Å²) in [7, 11) is -1.85. The first kappa shape index (κ1) is 21.4. The van der Waals surface area contributed by atoms with E-state index in [2.05, 4.69) is 56.6 Å². The molecule has 156 valence electrons. The van der Waals surface area contributed by atoms with Crippen molar-refractivity contribution in [1.29, 1.82) is 0 Å². The molecule has 1 atom stereocenters. The van der Waals surface area contributed by atoms with Gasteiger partial charge < -0.3 is 4.43 Å². The van der Waals surface area contributed by atoms with Gasteiger partial charge in [0.05, 0.1) is 6.04 Å². The number of hydrogen-bond donors (Lipinski definition) is 0. The third-order valence-corrected chi connectivity index (χ3v) is 12.6. The van der Waals surface area contributed by atoms with Crippen molar-refractivity contribution in [2.45, 2.75) is 77.0 Å². The zero-order valence-electron chi connectivity index (χ0n) is 18.2. The molecule has 0 N–H and O–H groups in total. The summed E-state index contributed by atoms with van der Waals surface area (Å²) in [6.45, 7) is 16.6. The minimum Gasteiger partial charge on any atom is -0.415 e. The van der Waals surface area contributed by atoms with E-state index in [4.69, 9.17) is 4.43 Å². The highest BCUT2D eigenvalue weighted by Crippen LogP contribution is 2.42. The molecule has 1 aliphatic heterocycles. The van der Waals surface area contributed by atoms with Crippen LogP contribution >= 0.6 is 0 Å². The summed E-state index contributed by atoms with van der Waals surface area (Å²) in [5, 5.41) is 8.61. The first-order chi connectivity index (χ1) is 13.3. The normalized spacial score (nSPS) is 19.0. The zero-order valence-corrected chi connectivity index (χ0v) is 19.2. The van der Waals surface area contributed by atoms with Gasteiger partial charge >= 0.3 is 0 Å². The molecule has 7 heteroatoms. The predicted octanol–water partition coefficient (Wildman–Crippen LogP) is 5.20. The van der Waals surface area contributed by atoms with Crippen LogP contribution in [0.5, 0.6) is 0 Å². The van der Waals surface area contributed by atoms with Gasteiger partial charge in [0.2, 0.25) is 0 Å². The molecule has 0 spiro atoms. The Hall–Kier alpha value is -1.31. The molecule has 1 fully saturated rings. The van der Waals surface area contributed by atoms with E-state index in [1.165, 1.54) is 12.3 Å². The van der Waals surface area contributed by atoms with Crippen LogP contribution in [0.25, 0.3) is 5.65 Å². The fourth-order valence-corrected chi connectivity index (χ4v) is 10.8. The van der Waals surface area contributed by atoms with Crippen molar-refractivity contribution in [1.82, 2.24) is 19.5 Å². The van der Waals surface area contributed by atoms with E-state index in [1.54, 1.807) is 10.5 Å². The highest BCUT2D eigenvalue weighted by molar-refractivity contribution is 6.77. The Morgan fingerprint density at radius 2 is 1.79 bits per heavy atom. The van der Waals surface area contributed by atoms with Crippen LogP contribution in [0, 0.1) is 5.82 Å². The molecular weight excluding hydrogens is 371 g/mol. The lowest BCUT2D eigenvalue weighted by Gasteiger charge is -2.42. The molecule has 1 aliphatic rings. The van der Waals surface area contributed by atoms with Gasteiger partial charge in [-0.25, -0.2) is 4.39 Å². The van der Waals surface area contributed by atoms with Gasteiger partial charge in [0, 0.05) is 19.3 Å². The molecule has 2 aromatic heterocycles. The van der Waals surface area contributed by atoms with Crippen molar-refractivity contribution in [3.05, 3.63) is 30.0 Å². The predicted molar refractivity (Wildman–Crippen MR) is 113 cm³/mol. The number of pyridine rings is 1. The SMILES string of the molecule is CC(C)[Si](OCCN1CCCC1c1nnc2ccc(F)cn12)(C(C)C)C(C)C. The van der Waals surface area contributed by atoms with Crippen molar-refractivity contribution in [3.8, 4) is 0 Å². The summed E-state index contributed by atoms with van der Waals surface area (Å²) < 4.78 is 22.3. The second-order valence-electron chi connectivity index (χ2n) is 8.99. The van der Waals surface area contributed by atoms with Gasteiger partial charge in [0.15, 0.2) is 19.8 Å². The van der Waals surface area contributed by atoms with E-state index < -0.39 is 8.32 Å². The molecule has 0 aliphatic carbocycles. The van der Waals surface area contributed by atoms with E-state index in [0.29, 0.717) is 22.3 Å². The lowest BCUT2D eigenvalue weighted by atomic mass is 10.2. The molecule has 0 saturated carbocycles. The number of likely N-dealkylation sites (tertiary alicyclic amines) is 1. The Kier molecular flexibility index (Phi) is 6.57. The van der Waals surface area contributed by atoms with Gasteiger partial charge in [-0.2, -0.15) is 0 Å². The number of hydrogen-bond acceptors (Lipinski definition) is 4. The van der Waals surface area contributed by atoms with Gasteiger partial charge in [-0.3, -0.25) is 9.30 Å². The first-order valence-corrected chi connectivity index (χ1v) is 12.8. The van der Waals surface area contributed by atoms with Crippen LogP contribution in [0.1, 0.15) is 66.3 Å². The molecule has 2 aromatic rings. The van der Waals surface area contributed by atoms with Gasteiger partial charge in [-0.1, -0.05) is 41.5 Å². The Bertz CT molecular complexity index is 770. The van der Waals surface area contributed by atoms with Crippen molar-refractivity contribution < 1.29 is 8.82 Å². The number of aromatic nitrogens is 3. The monoisotopic (exact) mass is 406 g/mol. The van der Waals surface area contributed by atoms with Crippen LogP contribution < -0.4 is 0 Å². The van der Waals surface area contributed by atoms with Crippen molar-refractivity contribution in [2.75, 3.05) is 19.7 Å². The second kappa shape index (κ2) is 8.59. The summed E-state index contributed by atoms with van der Waals surface area (Å²) in [5.41, 5.74) is 2.46. The van der Waals surface area contributed by atoms with Gasteiger partial charge in [-0.05, 0) is 48.1 Å². The third-order valence-electron chi connectivity index (χ3n) is 6.49. The minimum absolute atomic E-state index is 0.175. The van der Waals surface area contributed by atoms with Crippen molar-refractivity contribution >= 4 is 14.0 Å². The van der Waals surface area contributed by atoms with Crippen LogP contribution in [0.15, 0.2) is 18.3 Å². The van der Waals surface area contributed by atoms with Crippen LogP contribution in [0.4, 0.5) is 4.39 Å². The number of rotatable bonds is 8. The lowest BCUT2D eigenvalue weighted by molar-refractivity contribution is 0.179. The topological polar surface area (TPSA) is 42.7 Å². The molecule has 1 saturated heterocycles. The van der Waals surface area contributed by atoms with E-state index in [0.717, 1.165) is 38.4 Å². The van der Waals surface area contributed by atoms with E-state index in [-0.39, 0.29) is 11.9 Å². The Morgan fingerprint density at radius 1 is 1.11 bits per heavy atom. The van der Waals surface area contributed by atoms with Crippen LogP contribution in [0.3, 0.4) is 0 Å². The average molecular weight is 407 g/mol. The molecule has 0 bridgehead atoms. The highest BCUT2D eigenvalue weighted by atomic mass is 28.4. The Morgan fingerprint density at radius 3 is 2.43 bits per heavy atom. The zero-order chi connectivity index (χ0) is 20.5. The molecular formula is C21H35FN4OSi. The van der Waals surface area contributed by atoms with Crippen LogP contribution in [-0.4, -0.2) is 47.5 Å². The summed E-state index contributed by atoms with van der Waals surface area (Å²) in [5.74, 6) is 0.579. The molecule has 5 nitrogen and oxygen atoms in total. The quantitative estimate of drug-likeness (QED) is 0.565. The standard InChI is InChI=1S/C21H35FN4OSi/c1-15(2)28(16(3)4,17(5)6)27-13-12-25-11-7-8-19(25)21-24-23-20-10-9-18(22)14-26(20)21/h9-10,14-17,19H,7-8,11-13H2,1-6H3. The van der Waals surface area contributed by atoms with Crippen LogP contribution in [-0.2, 0) is 4.43 Å². The van der Waals surface area contributed by atoms with E-state index in [1.807, 2.05) is 0 Å². The summed E-state index contributed by atoms with van der Waals surface area (Å²) >= 11 is 0. The molecule has 1 unspecified atom stereocenters. The molecule has 3 rings (SSSR count). The minimum atomic E-state index is -1.85. The third kappa shape index (κ3) is 3.89. The van der Waals surface area contributed by atoms with Crippen molar-refractivity contribution in [2.24, 2.45) is 0 Å². The summed E-state index contributed by atoms with van der Waals surface area (Å²) in [6.07, 6.45) is 3.64. The molecule has 0 radical (unpaired) electrons. The molecule has 3 heterocycles. The maximum Gasteiger partial charge on any atom is 0.200 e. The van der Waals surface area contributed by atoms with Gasteiger partial charge in [-0.15, -0.1) is 10.2 Å². The summed E-state index contributed by atoms with van der Waals surface area (Å²) in [6, 6.07) is 3.29. The first-order valence-electron chi connectivity index (χ1n) is 10.7. The van der Waals surface area contributed by atoms with Gasteiger partial charge in [0.1, 0.15) is 5.82 Å². The largest absolute Gasteiger partial charge is 0.415 e. The molecule has 0 amide bonds. The maximum atomic E-state index is 13.7. The van der Waals surface area contributed by atoms with E-state index in [9.17, 15) is 4.39 Å². The number of nitrogens with zero attached hydrogens (tertiary/aromatic N) is 4. The molecule has 0 aromatic carbocycles. The fourth-order valence-electron chi connectivity index (χ4n) is 5.34. The highest BCUT2D eigenvalue weighted by Gasteiger charge is 2.45. The lowest BCUT2D eigenvalue weighted by Crippen LogP contribution is -2.49. The van der Waals surface area contributed by atoms with Crippen LogP contribution in [0.2, 0.25) is 16.6 Å². The Labute approximate surface area is 169 Å². The molecule has 28 heavy (non-hydrogen) atoms. The number of fused-ring (bicyclic) bond motifs is 1. The second-order valence-corrected chi connectivity index (χ2v) is 14.5. The summed E-state index contributed by atoms with van der Waals surface area (Å²) in [4.78, 5) is 2.43. The van der Waals surface area contributed by atoms with Crippen molar-refractivity contribution in [3.63, 3.8) is 0 Å². The average Bonchev–Trinajstić information content (AvgIpc) is 3.23. The number of halogens is 1. The smallest absolute Gasteiger partial charge is 0.200 e. The van der Waals surface area contributed by atoms with Gasteiger partial charge in [0.25, 0.3) is 0 Å².